The lowest BCUT2D eigenvalue weighted by molar-refractivity contribution is -0.149. The molecule has 2 aromatic rings. The van der Waals surface area contributed by atoms with Crippen LogP contribution in [0.25, 0.3) is 11.2 Å². The zero-order valence-corrected chi connectivity index (χ0v) is 18.3. The molecule has 2 heterocycles. The molecular formula is C18H30N6O4P+. The van der Waals surface area contributed by atoms with Crippen LogP contribution in [0.4, 0.5) is 5.82 Å². The molecule has 160 valence electrons. The Labute approximate surface area is 171 Å². The molecule has 29 heavy (non-hydrogen) atoms. The SMILES string of the molecule is CCCCCOC(=O)C(C)(C)N[P+](=O)CO[C@H](C)Cn1cnc2c(N)ncnc21. The van der Waals surface area contributed by atoms with E-state index in [0.29, 0.717) is 30.1 Å². The van der Waals surface area contributed by atoms with Crippen molar-refractivity contribution in [3.8, 4) is 0 Å². The molecule has 0 aliphatic rings. The standard InChI is InChI=1S/C18H30N6O4P/c1-5-6-7-8-27-17(25)18(3,4)23-29(26)12-28-13(2)9-24-11-22-14-15(19)20-10-21-16(14)24/h10-11,13H,5-9,12H2,1-4H3,(H,23,26)(H2,19,20,21)/q+1/t13-/m1/s1. The van der Waals surface area contributed by atoms with E-state index in [4.69, 9.17) is 15.2 Å². The van der Waals surface area contributed by atoms with E-state index in [1.54, 1.807) is 24.7 Å². The van der Waals surface area contributed by atoms with Gasteiger partial charge in [0.1, 0.15) is 11.8 Å². The van der Waals surface area contributed by atoms with Crippen LogP contribution < -0.4 is 10.8 Å². The normalized spacial score (nSPS) is 13.4. The summed E-state index contributed by atoms with van der Waals surface area (Å²) in [4.78, 5) is 24.5. The van der Waals surface area contributed by atoms with Crippen molar-refractivity contribution in [2.75, 3.05) is 18.7 Å². The zero-order valence-electron chi connectivity index (χ0n) is 17.4. The van der Waals surface area contributed by atoms with Gasteiger partial charge in [0.2, 0.25) is 0 Å². The highest BCUT2D eigenvalue weighted by Gasteiger charge is 2.37. The minimum absolute atomic E-state index is 0.0349. The van der Waals surface area contributed by atoms with E-state index in [1.165, 1.54) is 6.33 Å². The second-order valence-electron chi connectivity index (χ2n) is 7.39. The molecule has 0 aromatic carbocycles. The third-order valence-electron chi connectivity index (χ3n) is 4.26. The summed E-state index contributed by atoms with van der Waals surface area (Å²) in [5.74, 6) is -0.106. The van der Waals surface area contributed by atoms with Crippen LogP contribution in [0.5, 0.6) is 0 Å². The van der Waals surface area contributed by atoms with Crippen LogP contribution in [-0.4, -0.2) is 50.1 Å². The number of nitrogens with two attached hydrogens (primary N) is 1. The first-order chi connectivity index (χ1) is 13.7. The number of unbranched alkanes of at least 4 members (excludes halogenated alkanes) is 2. The number of anilines is 1. The van der Waals surface area contributed by atoms with Crippen molar-refractivity contribution in [3.63, 3.8) is 0 Å². The number of nitrogens with one attached hydrogen (secondary N) is 1. The quantitative estimate of drug-likeness (QED) is 0.299. The van der Waals surface area contributed by atoms with Crippen LogP contribution in [0.15, 0.2) is 12.7 Å². The van der Waals surface area contributed by atoms with Gasteiger partial charge in [-0.05, 0) is 31.8 Å². The van der Waals surface area contributed by atoms with Gasteiger partial charge in [-0.1, -0.05) is 24.9 Å². The number of nitrogen functional groups attached to an aromatic ring is 1. The molecule has 10 nitrogen and oxygen atoms in total. The Morgan fingerprint density at radius 3 is 2.83 bits per heavy atom. The van der Waals surface area contributed by atoms with Gasteiger partial charge in [-0.2, -0.15) is 0 Å². The maximum atomic E-state index is 12.4. The monoisotopic (exact) mass is 425 g/mol. The van der Waals surface area contributed by atoms with Gasteiger partial charge < -0.3 is 19.8 Å². The Hall–Kier alpha value is -2.16. The molecule has 0 saturated heterocycles. The second kappa shape index (κ2) is 10.6. The average Bonchev–Trinajstić information content (AvgIpc) is 3.07. The molecule has 0 aliphatic carbocycles. The summed E-state index contributed by atoms with van der Waals surface area (Å²) in [7, 11) is -1.95. The topological polar surface area (TPSA) is 134 Å². The van der Waals surface area contributed by atoms with E-state index < -0.39 is 19.5 Å². The number of rotatable bonds is 12. The van der Waals surface area contributed by atoms with Crippen LogP contribution >= 0.6 is 7.95 Å². The van der Waals surface area contributed by atoms with Crippen molar-refractivity contribution >= 4 is 30.9 Å². The van der Waals surface area contributed by atoms with Gasteiger partial charge in [-0.15, -0.1) is 0 Å². The van der Waals surface area contributed by atoms with Crippen LogP contribution in [0.1, 0.15) is 47.0 Å². The van der Waals surface area contributed by atoms with E-state index >= 15 is 0 Å². The maximum absolute atomic E-state index is 12.4. The lowest BCUT2D eigenvalue weighted by Crippen LogP contribution is -2.44. The second-order valence-corrected chi connectivity index (χ2v) is 8.63. The summed E-state index contributed by atoms with van der Waals surface area (Å²) in [6.07, 6.45) is 5.59. The van der Waals surface area contributed by atoms with Crippen LogP contribution in [0.2, 0.25) is 0 Å². The first-order valence-corrected chi connectivity index (χ1v) is 11.1. The summed E-state index contributed by atoms with van der Waals surface area (Å²) >= 11 is 0. The summed E-state index contributed by atoms with van der Waals surface area (Å²) in [6.45, 7) is 8.05. The maximum Gasteiger partial charge on any atom is 0.461 e. The van der Waals surface area contributed by atoms with Gasteiger partial charge in [0.25, 0.3) is 6.35 Å². The number of fused-ring (bicyclic) bond motifs is 1. The van der Waals surface area contributed by atoms with Crippen LogP contribution in [0.3, 0.4) is 0 Å². The Morgan fingerprint density at radius 1 is 1.34 bits per heavy atom. The zero-order chi connectivity index (χ0) is 21.4. The molecule has 0 spiro atoms. The lowest BCUT2D eigenvalue weighted by atomic mass is 10.1. The predicted molar refractivity (Wildman–Crippen MR) is 110 cm³/mol. The van der Waals surface area contributed by atoms with E-state index in [9.17, 15) is 9.36 Å². The van der Waals surface area contributed by atoms with E-state index in [-0.39, 0.29) is 12.5 Å². The molecule has 1 unspecified atom stereocenters. The fourth-order valence-electron chi connectivity index (χ4n) is 2.64. The predicted octanol–water partition coefficient (Wildman–Crippen LogP) is 2.62. The first kappa shape index (κ1) is 23.1. The minimum atomic E-state index is -1.95. The summed E-state index contributed by atoms with van der Waals surface area (Å²) in [5, 5.41) is 2.80. The number of hydrogen-bond donors (Lipinski definition) is 2. The molecule has 3 N–H and O–H groups in total. The first-order valence-electron chi connectivity index (χ1n) is 9.67. The van der Waals surface area contributed by atoms with Crippen LogP contribution in [0, 0.1) is 0 Å². The molecular weight excluding hydrogens is 395 g/mol. The number of carbonyl (C=O) groups excluding carboxylic acids is 1. The molecule has 0 saturated carbocycles. The summed E-state index contributed by atoms with van der Waals surface area (Å²) < 4.78 is 25.1. The minimum Gasteiger partial charge on any atom is -0.464 e. The third kappa shape index (κ3) is 6.69. The van der Waals surface area contributed by atoms with Gasteiger partial charge in [0.15, 0.2) is 17.0 Å². The largest absolute Gasteiger partial charge is 0.464 e. The number of hydrogen-bond acceptors (Lipinski definition) is 8. The Kier molecular flexibility index (Phi) is 8.43. The molecule has 0 bridgehead atoms. The molecule has 0 amide bonds. The van der Waals surface area contributed by atoms with Gasteiger partial charge >= 0.3 is 13.9 Å². The molecule has 2 atom stereocenters. The average molecular weight is 425 g/mol. The Balaban J connectivity index is 1.80. The molecule has 2 rings (SSSR count). The van der Waals surface area contributed by atoms with Crippen LogP contribution in [-0.2, 0) is 25.4 Å². The van der Waals surface area contributed by atoms with Crippen molar-refractivity contribution in [1.29, 1.82) is 0 Å². The highest BCUT2D eigenvalue weighted by atomic mass is 31.1. The fraction of sp³-hybridized carbons (Fsp3) is 0.667. The smallest absolute Gasteiger partial charge is 0.461 e. The number of imidazole rings is 1. The van der Waals surface area contributed by atoms with Crippen molar-refractivity contribution in [2.45, 2.75) is 65.1 Å². The fourth-order valence-corrected chi connectivity index (χ4v) is 3.81. The number of aromatic nitrogens is 4. The van der Waals surface area contributed by atoms with Crippen molar-refractivity contribution < 1.29 is 18.8 Å². The highest BCUT2D eigenvalue weighted by molar-refractivity contribution is 7.42. The van der Waals surface area contributed by atoms with E-state index in [2.05, 4.69) is 27.0 Å². The molecule has 11 heteroatoms. The number of ether oxygens (including phenoxy) is 2. The summed E-state index contributed by atoms with van der Waals surface area (Å²) in [5.41, 5.74) is 5.88. The highest BCUT2D eigenvalue weighted by Crippen LogP contribution is 2.23. The Morgan fingerprint density at radius 2 is 2.10 bits per heavy atom. The van der Waals surface area contributed by atoms with Gasteiger partial charge in [-0.3, -0.25) is 0 Å². The molecule has 0 fully saturated rings. The van der Waals surface area contributed by atoms with E-state index in [1.807, 2.05) is 6.92 Å². The van der Waals surface area contributed by atoms with Gasteiger partial charge in [-0.25, -0.2) is 19.7 Å². The lowest BCUT2D eigenvalue weighted by Gasteiger charge is -2.18. The third-order valence-corrected chi connectivity index (χ3v) is 5.45. The van der Waals surface area contributed by atoms with Gasteiger partial charge in [0.05, 0.1) is 25.6 Å². The molecule has 0 aliphatic heterocycles. The van der Waals surface area contributed by atoms with Crippen molar-refractivity contribution in [2.24, 2.45) is 0 Å². The molecule has 2 aromatic heterocycles. The van der Waals surface area contributed by atoms with Crippen molar-refractivity contribution in [3.05, 3.63) is 12.7 Å². The van der Waals surface area contributed by atoms with E-state index in [0.717, 1.165) is 19.3 Å². The van der Waals surface area contributed by atoms with Gasteiger partial charge in [0, 0.05) is 0 Å². The number of esters is 1. The number of carbonyl (C=O) groups is 1. The van der Waals surface area contributed by atoms with Crippen molar-refractivity contribution in [1.82, 2.24) is 24.6 Å². The summed E-state index contributed by atoms with van der Waals surface area (Å²) in [6, 6.07) is 0. The number of nitrogens with zero attached hydrogens (tertiary/aromatic N) is 4. The molecule has 0 radical (unpaired) electrons. The Bertz CT molecular complexity index is 841.